The first kappa shape index (κ1) is 44.8. The Hall–Kier alpha value is -5.75. The molecular weight excluding hydrogens is 802 g/mol. The smallest absolute Gasteiger partial charge is 0.340 e. The van der Waals surface area contributed by atoms with Gasteiger partial charge in [0.2, 0.25) is 0 Å². The van der Waals surface area contributed by atoms with Crippen LogP contribution >= 0.6 is 0 Å². The number of hydrogen-bond acceptors (Lipinski definition) is 18. The summed E-state index contributed by atoms with van der Waals surface area (Å²) in [5, 5.41) is 13.6. The van der Waals surface area contributed by atoms with Crippen molar-refractivity contribution in [3.63, 3.8) is 0 Å². The average molecular weight is 852 g/mol. The minimum atomic E-state index is -2.83. The van der Waals surface area contributed by atoms with Gasteiger partial charge in [-0.15, -0.1) is 0 Å². The summed E-state index contributed by atoms with van der Waals surface area (Å²) in [5.41, 5.74) is -10.2. The number of nitrogens with zero attached hydrogens (tertiary/aromatic N) is 1. The van der Waals surface area contributed by atoms with E-state index >= 15 is 4.79 Å². The lowest BCUT2D eigenvalue weighted by Gasteiger charge is -2.68. The molecule has 6 rings (SSSR count). The molecule has 4 bridgehead atoms. The molecule has 61 heavy (non-hydrogen) atoms. The Kier molecular flexibility index (Phi) is 11.9. The number of Topliss-reactive ketones (excluding diaryl/α,β-unsaturated/α-hetero) is 1. The van der Waals surface area contributed by atoms with E-state index in [2.05, 4.69) is 4.98 Å². The van der Waals surface area contributed by atoms with E-state index in [1.165, 1.54) is 56.4 Å². The molecule has 2 aliphatic carbocycles. The number of ketones is 1. The van der Waals surface area contributed by atoms with Crippen LogP contribution in [-0.4, -0.2) is 118 Å². The molecule has 2 aliphatic heterocycles. The highest BCUT2D eigenvalue weighted by atomic mass is 16.7. The van der Waals surface area contributed by atoms with Gasteiger partial charge in [0, 0.05) is 52.3 Å². The van der Waals surface area contributed by atoms with Gasteiger partial charge in [-0.2, -0.15) is 0 Å². The highest BCUT2D eigenvalue weighted by Crippen LogP contribution is 2.71. The van der Waals surface area contributed by atoms with Crippen LogP contribution in [0.3, 0.4) is 0 Å². The Bertz CT molecular complexity index is 2140. The number of hydrogen-bond donors (Lipinski definition) is 1. The Balaban J connectivity index is 1.84. The first-order valence-electron chi connectivity index (χ1n) is 19.7. The molecule has 3 fully saturated rings. The summed E-state index contributed by atoms with van der Waals surface area (Å²) >= 11 is 0. The fourth-order valence-corrected chi connectivity index (χ4v) is 10.1. The second-order valence-electron chi connectivity index (χ2n) is 16.5. The summed E-state index contributed by atoms with van der Waals surface area (Å²) in [6.07, 6.45) is -8.46. The third kappa shape index (κ3) is 7.22. The van der Waals surface area contributed by atoms with Crippen molar-refractivity contribution in [2.75, 3.05) is 13.2 Å². The van der Waals surface area contributed by atoms with Crippen molar-refractivity contribution in [1.82, 2.24) is 4.98 Å². The van der Waals surface area contributed by atoms with Crippen molar-refractivity contribution in [2.45, 2.75) is 116 Å². The molecule has 1 spiro atoms. The zero-order valence-corrected chi connectivity index (χ0v) is 35.2. The maximum absolute atomic E-state index is 15.6. The molecule has 13 atom stereocenters. The van der Waals surface area contributed by atoms with Gasteiger partial charge in [-0.3, -0.25) is 38.5 Å². The Morgan fingerprint density at radius 3 is 1.95 bits per heavy atom. The predicted molar refractivity (Wildman–Crippen MR) is 204 cm³/mol. The molecule has 4 aliphatic rings. The van der Waals surface area contributed by atoms with E-state index in [-0.39, 0.29) is 16.8 Å². The van der Waals surface area contributed by atoms with Crippen molar-refractivity contribution >= 4 is 47.6 Å². The molecule has 328 valence electrons. The number of aliphatic hydroxyl groups is 1. The third-order valence-corrected chi connectivity index (χ3v) is 12.6. The molecule has 18 nitrogen and oxygen atoms in total. The molecule has 3 heterocycles. The van der Waals surface area contributed by atoms with E-state index in [0.29, 0.717) is 0 Å². The number of ether oxygens (including phenoxy) is 8. The summed E-state index contributed by atoms with van der Waals surface area (Å²) in [6, 6.07) is 10.4. The van der Waals surface area contributed by atoms with Crippen LogP contribution in [0.25, 0.3) is 0 Å². The summed E-state index contributed by atoms with van der Waals surface area (Å²) in [7, 11) is 0. The van der Waals surface area contributed by atoms with Gasteiger partial charge in [-0.05, 0) is 26.0 Å². The summed E-state index contributed by atoms with van der Waals surface area (Å²) in [5.74, 6) is -13.5. The highest BCUT2D eigenvalue weighted by Gasteiger charge is 2.91. The number of rotatable bonds is 8. The van der Waals surface area contributed by atoms with Gasteiger partial charge in [0.05, 0.1) is 34.4 Å². The van der Waals surface area contributed by atoms with E-state index in [1.807, 2.05) is 0 Å². The zero-order valence-electron chi connectivity index (χ0n) is 35.2. The Labute approximate surface area is 350 Å². The van der Waals surface area contributed by atoms with E-state index in [0.717, 1.165) is 41.5 Å². The van der Waals surface area contributed by atoms with E-state index < -0.39 is 137 Å². The molecule has 2 saturated carbocycles. The minimum Gasteiger partial charge on any atom is -0.465 e. The Morgan fingerprint density at radius 2 is 1.36 bits per heavy atom. The molecule has 13 unspecified atom stereocenters. The molecule has 18 heteroatoms. The van der Waals surface area contributed by atoms with Crippen molar-refractivity contribution in [2.24, 2.45) is 23.2 Å². The van der Waals surface area contributed by atoms with Gasteiger partial charge in [-0.25, -0.2) is 4.79 Å². The maximum atomic E-state index is 15.6. The summed E-state index contributed by atoms with van der Waals surface area (Å²) in [4.78, 5) is 115. The maximum Gasteiger partial charge on any atom is 0.340 e. The predicted octanol–water partition coefficient (Wildman–Crippen LogP) is 2.60. The van der Waals surface area contributed by atoms with Crippen molar-refractivity contribution < 1.29 is 81.4 Å². The van der Waals surface area contributed by atoms with E-state index in [4.69, 9.17) is 37.9 Å². The first-order chi connectivity index (χ1) is 28.5. The SMILES string of the molecule is CC(=O)OCC12C(OC(C)=O)C(OC(C)=O)C3C(OC(C)=O)C14OC3(C)COC(=O)c1cccnc1C(C)C(C)C(=O)OC(C(OC(C)=O)C2C(=O)c1ccccc1)C4(C)O. The normalized spacial score (nSPS) is 36.5. The van der Waals surface area contributed by atoms with Gasteiger partial charge in [0.25, 0.3) is 0 Å². The lowest BCUT2D eigenvalue weighted by atomic mass is 9.42. The topological polar surface area (TPSA) is 244 Å². The van der Waals surface area contributed by atoms with Crippen molar-refractivity contribution in [3.8, 4) is 0 Å². The van der Waals surface area contributed by atoms with Crippen LogP contribution in [0.15, 0.2) is 48.7 Å². The quantitative estimate of drug-likeness (QED) is 0.228. The zero-order chi connectivity index (χ0) is 45.0. The molecule has 1 aromatic carbocycles. The molecule has 0 radical (unpaired) electrons. The number of pyridine rings is 1. The lowest BCUT2D eigenvalue weighted by Crippen LogP contribution is -2.88. The van der Waals surface area contributed by atoms with Crippen LogP contribution in [0.2, 0.25) is 0 Å². The molecule has 1 aromatic heterocycles. The molecule has 1 N–H and O–H groups in total. The van der Waals surface area contributed by atoms with Gasteiger partial charge in [0.1, 0.15) is 36.6 Å². The van der Waals surface area contributed by atoms with Gasteiger partial charge < -0.3 is 43.0 Å². The van der Waals surface area contributed by atoms with Crippen LogP contribution in [-0.2, 0) is 66.7 Å². The number of esters is 7. The minimum absolute atomic E-state index is 0.0389. The fourth-order valence-electron chi connectivity index (χ4n) is 10.1. The van der Waals surface area contributed by atoms with Crippen LogP contribution in [0.4, 0.5) is 0 Å². The molecular formula is C43H49NO17. The summed E-state index contributed by atoms with van der Waals surface area (Å²) in [6.45, 7) is 8.90. The van der Waals surface area contributed by atoms with Crippen molar-refractivity contribution in [3.05, 3.63) is 65.5 Å². The van der Waals surface area contributed by atoms with Crippen LogP contribution in [0.5, 0.6) is 0 Å². The van der Waals surface area contributed by atoms with Crippen LogP contribution in [0, 0.1) is 23.2 Å². The first-order valence-corrected chi connectivity index (χ1v) is 19.7. The van der Waals surface area contributed by atoms with Gasteiger partial charge >= 0.3 is 41.8 Å². The van der Waals surface area contributed by atoms with Crippen molar-refractivity contribution in [1.29, 1.82) is 0 Å². The number of carbonyl (C=O) groups is 8. The summed E-state index contributed by atoms with van der Waals surface area (Å²) < 4.78 is 49.4. The number of benzene rings is 1. The van der Waals surface area contributed by atoms with E-state index in [1.54, 1.807) is 13.0 Å². The second-order valence-corrected chi connectivity index (χ2v) is 16.5. The lowest BCUT2D eigenvalue weighted by molar-refractivity contribution is -0.373. The number of carbonyl (C=O) groups excluding carboxylic acids is 8. The third-order valence-electron chi connectivity index (χ3n) is 12.6. The largest absolute Gasteiger partial charge is 0.465 e. The number of fused-ring (bicyclic) bond motifs is 5. The average Bonchev–Trinajstić information content (AvgIpc) is 3.41. The second kappa shape index (κ2) is 16.3. The molecule has 0 amide bonds. The van der Waals surface area contributed by atoms with Gasteiger partial charge in [0.15, 0.2) is 29.7 Å². The van der Waals surface area contributed by atoms with Crippen LogP contribution < -0.4 is 0 Å². The molecule has 1 saturated heterocycles. The number of aromatic nitrogens is 1. The molecule has 2 aromatic rings. The number of cyclic esters (lactones) is 1. The standard InChI is InChI=1S/C43H49NO17/c1-20-21(2)38(51)60-36-33(56-23(4)46)29(32(50)27-14-11-10-12-15-27)42(19-54-22(3)45)37(59-26(7)49)34(57-24(5)47)30-35(58-25(6)48)43(42,41(36,9)53)61-40(30,8)18-55-39(52)28-16-13-17-44-31(20)28/h10-17,20-21,29-30,33-37,53H,18-19H2,1-9H3. The van der Waals surface area contributed by atoms with Crippen LogP contribution in [0.1, 0.15) is 94.6 Å². The fraction of sp³-hybridized carbons (Fsp3) is 0.558. The highest BCUT2D eigenvalue weighted by molar-refractivity contribution is 6.00. The van der Waals surface area contributed by atoms with Gasteiger partial charge in [-0.1, -0.05) is 44.2 Å². The monoisotopic (exact) mass is 851 g/mol. The Morgan fingerprint density at radius 1 is 0.770 bits per heavy atom. The van der Waals surface area contributed by atoms with E-state index in [9.17, 15) is 38.7 Å².